The maximum atomic E-state index is 11.7. The molecule has 1 saturated heterocycles. The molecule has 0 bridgehead atoms. The zero-order chi connectivity index (χ0) is 19.3. The van der Waals surface area contributed by atoms with Crippen LogP contribution in [0.3, 0.4) is 0 Å². The number of amides is 1. The molecule has 1 aliphatic rings. The fourth-order valence-corrected chi connectivity index (χ4v) is 3.34. The highest BCUT2D eigenvalue weighted by molar-refractivity contribution is 7.90. The fraction of sp³-hybridized carbons (Fsp3) is 0.438. The van der Waals surface area contributed by atoms with Gasteiger partial charge in [-0.3, -0.25) is 19.8 Å². The monoisotopic (exact) mass is 380 g/mol. The number of hydrogen-bond acceptors (Lipinski definition) is 7. The summed E-state index contributed by atoms with van der Waals surface area (Å²) < 4.78 is 23.2. The van der Waals surface area contributed by atoms with Crippen LogP contribution >= 0.6 is 0 Å². The minimum atomic E-state index is -3.53. The van der Waals surface area contributed by atoms with Gasteiger partial charge in [0.05, 0.1) is 22.9 Å². The normalized spacial score (nSPS) is 15.3. The van der Waals surface area contributed by atoms with Crippen LogP contribution in [0.25, 0.3) is 0 Å². The number of carbonyl (C=O) groups excluding carboxylic acids is 1. The quantitative estimate of drug-likeness (QED) is 0.415. The van der Waals surface area contributed by atoms with Gasteiger partial charge >= 0.3 is 0 Å². The number of nitro groups is 1. The van der Waals surface area contributed by atoms with E-state index in [9.17, 15) is 23.3 Å². The highest BCUT2D eigenvalue weighted by Gasteiger charge is 2.26. The van der Waals surface area contributed by atoms with Gasteiger partial charge in [0, 0.05) is 38.5 Å². The number of nitrogens with one attached hydrogen (secondary N) is 1. The molecular weight excluding hydrogens is 360 g/mol. The Kier molecular flexibility index (Phi) is 6.18. The van der Waals surface area contributed by atoms with Crippen LogP contribution in [0.1, 0.15) is 0 Å². The molecule has 1 heterocycles. The van der Waals surface area contributed by atoms with Crippen LogP contribution in [0.5, 0.6) is 0 Å². The summed E-state index contributed by atoms with van der Waals surface area (Å²) in [4.78, 5) is 26.1. The highest BCUT2D eigenvalue weighted by atomic mass is 32.2. The van der Waals surface area contributed by atoms with Gasteiger partial charge in [-0.15, -0.1) is 6.42 Å². The predicted octanol–water partition coefficient (Wildman–Crippen LogP) is -0.130. The van der Waals surface area contributed by atoms with Crippen LogP contribution in [0.4, 0.5) is 11.4 Å². The standard InChI is InChI=1S/C16H20N4O5S/c1-3-6-17-16(21)12-18-7-9-19(10-8-18)14-5-4-13(26(2,24)25)11-15(14)20(22)23/h1,4-5,11H,6-10,12H2,2H3,(H,17,21). The van der Waals surface area contributed by atoms with Gasteiger partial charge in [0.25, 0.3) is 5.69 Å². The largest absolute Gasteiger partial charge is 0.363 e. The summed E-state index contributed by atoms with van der Waals surface area (Å²) >= 11 is 0. The van der Waals surface area contributed by atoms with Gasteiger partial charge in [-0.1, -0.05) is 5.92 Å². The van der Waals surface area contributed by atoms with E-state index < -0.39 is 14.8 Å². The smallest absolute Gasteiger partial charge is 0.293 e. The summed E-state index contributed by atoms with van der Waals surface area (Å²) in [6, 6.07) is 3.92. The van der Waals surface area contributed by atoms with Crippen LogP contribution in [-0.2, 0) is 14.6 Å². The van der Waals surface area contributed by atoms with Crippen molar-refractivity contribution in [1.82, 2.24) is 10.2 Å². The number of nitro benzene ring substituents is 1. The Hall–Kier alpha value is -2.64. The molecule has 1 amide bonds. The van der Waals surface area contributed by atoms with E-state index >= 15 is 0 Å². The third kappa shape index (κ3) is 4.93. The van der Waals surface area contributed by atoms with E-state index in [2.05, 4.69) is 11.2 Å². The van der Waals surface area contributed by atoms with E-state index in [1.165, 1.54) is 12.1 Å². The summed E-state index contributed by atoms with van der Waals surface area (Å²) in [5.74, 6) is 2.16. The average Bonchev–Trinajstić information content (AvgIpc) is 2.59. The zero-order valence-corrected chi connectivity index (χ0v) is 15.2. The van der Waals surface area contributed by atoms with E-state index in [0.717, 1.165) is 12.3 Å². The molecule has 1 N–H and O–H groups in total. The lowest BCUT2D eigenvalue weighted by atomic mass is 10.2. The van der Waals surface area contributed by atoms with E-state index in [4.69, 9.17) is 6.42 Å². The maximum Gasteiger partial charge on any atom is 0.293 e. The summed E-state index contributed by atoms with van der Waals surface area (Å²) in [6.07, 6.45) is 6.10. The van der Waals surface area contributed by atoms with Crippen molar-refractivity contribution in [3.05, 3.63) is 28.3 Å². The lowest BCUT2D eigenvalue weighted by Gasteiger charge is -2.35. The molecule has 1 aliphatic heterocycles. The van der Waals surface area contributed by atoms with Crippen molar-refractivity contribution in [3.63, 3.8) is 0 Å². The van der Waals surface area contributed by atoms with Gasteiger partial charge in [-0.25, -0.2) is 8.42 Å². The molecule has 1 fully saturated rings. The minimum absolute atomic E-state index is 0.0863. The number of anilines is 1. The highest BCUT2D eigenvalue weighted by Crippen LogP contribution is 2.31. The number of rotatable bonds is 6. The summed E-state index contributed by atoms with van der Waals surface area (Å²) in [6.45, 7) is 2.47. The van der Waals surface area contributed by atoms with Crippen LogP contribution in [0.2, 0.25) is 0 Å². The predicted molar refractivity (Wildman–Crippen MR) is 96.7 cm³/mol. The van der Waals surface area contributed by atoms with Gasteiger partial charge in [0.15, 0.2) is 9.84 Å². The molecule has 1 aromatic carbocycles. The Bertz CT molecular complexity index is 839. The molecule has 0 aliphatic carbocycles. The number of sulfone groups is 1. The topological polar surface area (TPSA) is 113 Å². The third-order valence-corrected chi connectivity index (χ3v) is 5.15. The van der Waals surface area contributed by atoms with Crippen molar-refractivity contribution in [2.45, 2.75) is 4.90 Å². The zero-order valence-electron chi connectivity index (χ0n) is 14.3. The molecule has 0 spiro atoms. The Morgan fingerprint density at radius 3 is 2.54 bits per heavy atom. The molecule has 26 heavy (non-hydrogen) atoms. The van der Waals surface area contributed by atoms with Gasteiger partial charge in [-0.2, -0.15) is 0 Å². The van der Waals surface area contributed by atoms with Gasteiger partial charge in [-0.05, 0) is 12.1 Å². The first-order valence-corrected chi connectivity index (χ1v) is 9.77. The summed E-state index contributed by atoms with van der Waals surface area (Å²) in [5.41, 5.74) is 0.131. The van der Waals surface area contributed by atoms with Crippen LogP contribution in [0, 0.1) is 22.5 Å². The van der Waals surface area contributed by atoms with Crippen LogP contribution < -0.4 is 10.2 Å². The Morgan fingerprint density at radius 2 is 2.00 bits per heavy atom. The first-order chi connectivity index (χ1) is 12.2. The first kappa shape index (κ1) is 19.7. The lowest BCUT2D eigenvalue weighted by molar-refractivity contribution is -0.384. The minimum Gasteiger partial charge on any atom is -0.363 e. The number of benzene rings is 1. The molecule has 1 aromatic rings. The van der Waals surface area contributed by atoms with Crippen molar-refractivity contribution in [3.8, 4) is 12.3 Å². The molecule has 9 nitrogen and oxygen atoms in total. The molecule has 0 atom stereocenters. The Morgan fingerprint density at radius 1 is 1.35 bits per heavy atom. The van der Waals surface area contributed by atoms with Gasteiger partial charge in [0.2, 0.25) is 5.91 Å². The second kappa shape index (κ2) is 8.16. The lowest BCUT2D eigenvalue weighted by Crippen LogP contribution is -2.49. The molecule has 0 saturated carbocycles. The van der Waals surface area contributed by atoms with E-state index in [1.807, 2.05) is 9.80 Å². The molecule has 2 rings (SSSR count). The molecule has 0 aromatic heterocycles. The third-order valence-electron chi connectivity index (χ3n) is 4.04. The average molecular weight is 380 g/mol. The van der Waals surface area contributed by atoms with E-state index in [0.29, 0.717) is 31.9 Å². The maximum absolute atomic E-state index is 11.7. The fourth-order valence-electron chi connectivity index (χ4n) is 2.70. The van der Waals surface area contributed by atoms with Crippen LogP contribution in [-0.4, -0.2) is 69.7 Å². The summed E-state index contributed by atoms with van der Waals surface area (Å²) in [7, 11) is -3.53. The molecule has 0 unspecified atom stereocenters. The number of terminal acetylenes is 1. The van der Waals surface area contributed by atoms with Gasteiger partial charge < -0.3 is 10.2 Å². The number of nitrogens with zero attached hydrogens (tertiary/aromatic N) is 3. The number of carbonyl (C=O) groups is 1. The van der Waals surface area contributed by atoms with Gasteiger partial charge in [0.1, 0.15) is 5.69 Å². The van der Waals surface area contributed by atoms with Crippen molar-refractivity contribution < 1.29 is 18.1 Å². The molecule has 0 radical (unpaired) electrons. The molecular formula is C16H20N4O5S. The Labute approximate surface area is 152 Å². The van der Waals surface area contributed by atoms with Crippen LogP contribution in [0.15, 0.2) is 23.1 Å². The second-order valence-corrected chi connectivity index (χ2v) is 7.94. The van der Waals surface area contributed by atoms with Crippen molar-refractivity contribution >= 4 is 27.1 Å². The first-order valence-electron chi connectivity index (χ1n) is 7.88. The Balaban J connectivity index is 2.08. The van der Waals surface area contributed by atoms with E-state index in [1.54, 1.807) is 0 Å². The molecule has 10 heteroatoms. The SMILES string of the molecule is C#CCNC(=O)CN1CCN(c2ccc(S(C)(=O)=O)cc2[N+](=O)[O-])CC1. The van der Waals surface area contributed by atoms with Crippen molar-refractivity contribution in [2.24, 2.45) is 0 Å². The molecule has 140 valence electrons. The van der Waals surface area contributed by atoms with Crippen molar-refractivity contribution in [1.29, 1.82) is 0 Å². The number of piperazine rings is 1. The summed E-state index contributed by atoms with van der Waals surface area (Å²) in [5, 5.41) is 13.9. The van der Waals surface area contributed by atoms with E-state index in [-0.39, 0.29) is 29.6 Å². The second-order valence-electron chi connectivity index (χ2n) is 5.92. The van der Waals surface area contributed by atoms with Crippen molar-refractivity contribution in [2.75, 3.05) is 50.4 Å². The number of hydrogen-bond donors (Lipinski definition) is 1.